The standard InChI is InChI=1S/C41H42N10O4/c1-47-34-15-26(6-7-32(34)51(40(47)55)33-8-9-35(52)46-39(33)54)48-17-23(18-48)19-50-27-14-28(50)21-49(20-27)25-4-2-24(3-5-25)37-42-13-10-30(45-37)31-16-29-36(44-31)41(11-12-41)22-43-38(29)53/h2-7,10,13,15-16,23,27-28,33,44H,8-9,11-12,14,17-22H2,1H3,(H,43,53)(H,46,52,54). The van der Waals surface area contributed by atoms with Gasteiger partial charge in [-0.3, -0.25) is 33.7 Å². The molecular weight excluding hydrogens is 697 g/mol. The Labute approximate surface area is 316 Å². The summed E-state index contributed by atoms with van der Waals surface area (Å²) < 4.78 is 3.14. The minimum atomic E-state index is -0.679. The Bertz CT molecular complexity index is 2480. The van der Waals surface area contributed by atoms with Gasteiger partial charge in [0.15, 0.2) is 5.82 Å². The lowest BCUT2D eigenvalue weighted by Crippen LogP contribution is -2.70. The van der Waals surface area contributed by atoms with Gasteiger partial charge in [0, 0.05) is 105 Å². The monoisotopic (exact) mass is 738 g/mol. The maximum atomic E-state index is 13.2. The largest absolute Gasteiger partial charge is 0.371 e. The number of fused-ring (bicyclic) bond motifs is 5. The van der Waals surface area contributed by atoms with Gasteiger partial charge in [-0.25, -0.2) is 14.8 Å². The Morgan fingerprint density at radius 2 is 1.64 bits per heavy atom. The SMILES string of the molecule is Cn1c(=O)n(C2CCC(=O)NC2=O)c2ccc(N3CC(CN4C5CC4CN(c4ccc(-c6nccc(-c7cc8c([nH]7)C7(CC7)CNC8=O)n6)cc4)C5)C3)cc21. The number of aryl methyl sites for hydroxylation is 1. The van der Waals surface area contributed by atoms with Crippen LogP contribution in [-0.4, -0.2) is 98.1 Å². The van der Waals surface area contributed by atoms with Crippen LogP contribution in [0.5, 0.6) is 0 Å². The summed E-state index contributed by atoms with van der Waals surface area (Å²) in [5.41, 5.74) is 8.02. The van der Waals surface area contributed by atoms with Gasteiger partial charge in [0.05, 0.1) is 28.0 Å². The van der Waals surface area contributed by atoms with E-state index in [2.05, 4.69) is 65.6 Å². The second kappa shape index (κ2) is 11.9. The number of aromatic nitrogens is 5. The number of H-pyrrole nitrogens is 1. The quantitative estimate of drug-likeness (QED) is 0.214. The summed E-state index contributed by atoms with van der Waals surface area (Å²) in [6.07, 6.45) is 5.77. The van der Waals surface area contributed by atoms with E-state index in [-0.39, 0.29) is 29.3 Å². The smallest absolute Gasteiger partial charge is 0.329 e. The predicted octanol–water partition coefficient (Wildman–Crippen LogP) is 2.94. The zero-order chi connectivity index (χ0) is 37.2. The molecule has 12 rings (SSSR count). The number of nitrogens with one attached hydrogen (secondary N) is 3. The van der Waals surface area contributed by atoms with Gasteiger partial charge in [0.1, 0.15) is 6.04 Å². The molecule has 280 valence electrons. The van der Waals surface area contributed by atoms with Gasteiger partial charge in [0.25, 0.3) is 5.91 Å². The predicted molar refractivity (Wildman–Crippen MR) is 206 cm³/mol. The molecular formula is C41H42N10O4. The molecule has 3 atom stereocenters. The molecule has 1 spiro atoms. The van der Waals surface area contributed by atoms with Crippen LogP contribution < -0.4 is 26.1 Å². The minimum Gasteiger partial charge on any atom is -0.371 e. The zero-order valence-electron chi connectivity index (χ0n) is 30.6. The average Bonchev–Trinajstić information content (AvgIpc) is 3.74. The van der Waals surface area contributed by atoms with Gasteiger partial charge in [-0.2, -0.15) is 0 Å². The number of rotatable bonds is 7. The van der Waals surface area contributed by atoms with Crippen molar-refractivity contribution < 1.29 is 14.4 Å². The molecule has 14 nitrogen and oxygen atoms in total. The molecule has 3 aromatic heterocycles. The molecule has 7 aliphatic rings. The fraction of sp³-hybridized carbons (Fsp3) is 0.415. The summed E-state index contributed by atoms with van der Waals surface area (Å²) in [4.78, 5) is 70.6. The number of imidazole rings is 1. The first kappa shape index (κ1) is 32.7. The maximum Gasteiger partial charge on any atom is 0.329 e. The number of aromatic amines is 1. The summed E-state index contributed by atoms with van der Waals surface area (Å²) in [6, 6.07) is 18.9. The Morgan fingerprint density at radius 1 is 0.873 bits per heavy atom. The molecule has 14 heteroatoms. The molecule has 9 heterocycles. The highest BCUT2D eigenvalue weighted by molar-refractivity contribution is 6.00. The molecule has 5 saturated heterocycles. The topological polar surface area (TPSA) is 153 Å². The second-order valence-corrected chi connectivity index (χ2v) is 16.5. The van der Waals surface area contributed by atoms with E-state index in [9.17, 15) is 19.2 Å². The average molecular weight is 739 g/mol. The van der Waals surface area contributed by atoms with Gasteiger partial charge in [0.2, 0.25) is 11.8 Å². The van der Waals surface area contributed by atoms with Crippen molar-refractivity contribution in [2.75, 3.05) is 49.1 Å². The molecule has 2 aromatic carbocycles. The zero-order valence-corrected chi connectivity index (χ0v) is 30.6. The van der Waals surface area contributed by atoms with Crippen LogP contribution in [0.4, 0.5) is 11.4 Å². The van der Waals surface area contributed by atoms with E-state index in [4.69, 9.17) is 4.98 Å². The maximum absolute atomic E-state index is 13.2. The van der Waals surface area contributed by atoms with E-state index in [0.29, 0.717) is 42.3 Å². The van der Waals surface area contributed by atoms with Gasteiger partial charge in [-0.05, 0) is 80.3 Å². The Kier molecular flexibility index (Phi) is 7.05. The number of benzene rings is 2. The molecule has 0 radical (unpaired) electrons. The van der Waals surface area contributed by atoms with E-state index in [1.54, 1.807) is 17.8 Å². The summed E-state index contributed by atoms with van der Waals surface area (Å²) in [7, 11) is 1.74. The van der Waals surface area contributed by atoms with Crippen molar-refractivity contribution >= 4 is 40.1 Å². The summed E-state index contributed by atoms with van der Waals surface area (Å²) >= 11 is 0. The minimum absolute atomic E-state index is 0.0171. The normalized spacial score (nSPS) is 24.4. The first-order valence-electron chi connectivity index (χ1n) is 19.5. The van der Waals surface area contributed by atoms with Crippen molar-refractivity contribution in [2.45, 2.75) is 55.6 Å². The number of hydrogen-bond donors (Lipinski definition) is 3. The van der Waals surface area contributed by atoms with Gasteiger partial charge in [-0.1, -0.05) is 0 Å². The van der Waals surface area contributed by atoms with E-state index >= 15 is 0 Å². The van der Waals surface area contributed by atoms with Crippen molar-refractivity contribution in [1.82, 2.24) is 39.6 Å². The summed E-state index contributed by atoms with van der Waals surface area (Å²) in [5.74, 6) is 0.528. The van der Waals surface area contributed by atoms with E-state index in [1.165, 1.54) is 16.7 Å². The van der Waals surface area contributed by atoms with Crippen LogP contribution in [0.3, 0.4) is 0 Å². The van der Waals surface area contributed by atoms with E-state index in [0.717, 1.165) is 85.0 Å². The number of amides is 3. The van der Waals surface area contributed by atoms with Gasteiger partial charge >= 0.3 is 5.69 Å². The molecule has 3 unspecified atom stereocenters. The molecule has 6 aliphatic heterocycles. The fourth-order valence-electron chi connectivity index (χ4n) is 9.84. The Morgan fingerprint density at radius 3 is 2.40 bits per heavy atom. The summed E-state index contributed by atoms with van der Waals surface area (Å²) in [6.45, 7) is 5.77. The number of piperidine rings is 2. The molecule has 5 aromatic rings. The number of carbonyl (C=O) groups excluding carboxylic acids is 3. The molecule has 1 saturated carbocycles. The van der Waals surface area contributed by atoms with E-state index in [1.807, 2.05) is 24.3 Å². The van der Waals surface area contributed by atoms with Crippen LogP contribution in [0.2, 0.25) is 0 Å². The molecule has 55 heavy (non-hydrogen) atoms. The number of piperazine rings is 1. The molecule has 3 N–H and O–H groups in total. The van der Waals surface area contributed by atoms with E-state index < -0.39 is 11.9 Å². The third-order valence-electron chi connectivity index (χ3n) is 13.2. The van der Waals surface area contributed by atoms with Crippen molar-refractivity contribution in [1.29, 1.82) is 0 Å². The number of imide groups is 1. The molecule has 1 aliphatic carbocycles. The van der Waals surface area contributed by atoms with Crippen molar-refractivity contribution in [3.05, 3.63) is 82.5 Å². The lowest BCUT2D eigenvalue weighted by atomic mass is 9.84. The first-order valence-corrected chi connectivity index (χ1v) is 19.5. The third-order valence-corrected chi connectivity index (χ3v) is 13.2. The second-order valence-electron chi connectivity index (χ2n) is 16.5. The highest BCUT2D eigenvalue weighted by atomic mass is 16.2. The lowest BCUT2D eigenvalue weighted by Gasteiger charge is -2.59. The summed E-state index contributed by atoms with van der Waals surface area (Å²) in [5, 5.41) is 5.43. The number of carbonyl (C=O) groups is 3. The molecule has 6 fully saturated rings. The van der Waals surface area contributed by atoms with Crippen LogP contribution in [0.1, 0.15) is 54.2 Å². The molecule has 3 amide bonds. The number of anilines is 2. The Hall–Kier alpha value is -5.76. The van der Waals surface area contributed by atoms with Crippen LogP contribution in [0.25, 0.3) is 33.8 Å². The van der Waals surface area contributed by atoms with Crippen LogP contribution in [0.15, 0.2) is 65.6 Å². The van der Waals surface area contributed by atoms with Crippen LogP contribution in [0, 0.1) is 5.92 Å². The lowest BCUT2D eigenvalue weighted by molar-refractivity contribution is -0.135. The number of nitrogens with zero attached hydrogens (tertiary/aromatic N) is 7. The third kappa shape index (κ3) is 5.17. The van der Waals surface area contributed by atoms with Gasteiger partial charge < -0.3 is 20.1 Å². The van der Waals surface area contributed by atoms with Crippen molar-refractivity contribution in [2.24, 2.45) is 13.0 Å². The van der Waals surface area contributed by atoms with Crippen molar-refractivity contribution in [3.8, 4) is 22.8 Å². The fourth-order valence-corrected chi connectivity index (χ4v) is 9.84. The van der Waals surface area contributed by atoms with Gasteiger partial charge in [-0.15, -0.1) is 0 Å². The first-order chi connectivity index (χ1) is 26.7. The van der Waals surface area contributed by atoms with Crippen molar-refractivity contribution in [3.63, 3.8) is 0 Å². The highest BCUT2D eigenvalue weighted by Gasteiger charge is 2.50. The Balaban J connectivity index is 0.714. The number of hydrogen-bond acceptors (Lipinski definition) is 9. The highest BCUT2D eigenvalue weighted by Crippen LogP contribution is 2.50. The van der Waals surface area contributed by atoms with Crippen LogP contribution in [-0.2, 0) is 22.1 Å². The molecule has 2 bridgehead atoms. The van der Waals surface area contributed by atoms with Crippen LogP contribution >= 0.6 is 0 Å².